The summed E-state index contributed by atoms with van der Waals surface area (Å²) in [6.45, 7) is 0.937. The molecule has 1 N–H and O–H groups in total. The Bertz CT molecular complexity index is 347. The number of piperidine rings is 1. The van der Waals surface area contributed by atoms with Crippen LogP contribution in [0, 0.1) is 0 Å². The Morgan fingerprint density at radius 2 is 2.38 bits per heavy atom. The van der Waals surface area contributed by atoms with Crippen molar-refractivity contribution < 1.29 is 4.79 Å². The molecule has 16 heavy (non-hydrogen) atoms. The topological polar surface area (TPSA) is 45.2 Å². The molecule has 1 fully saturated rings. The molecule has 86 valence electrons. The van der Waals surface area contributed by atoms with Crippen LogP contribution < -0.4 is 10.2 Å². The molecule has 4 heteroatoms. The van der Waals surface area contributed by atoms with Crippen LogP contribution in [-0.2, 0) is 4.79 Å². The average Bonchev–Trinajstić information content (AvgIpc) is 2.39. The summed E-state index contributed by atoms with van der Waals surface area (Å²) in [5.74, 6) is 0.818. The number of aromatic nitrogens is 1. The van der Waals surface area contributed by atoms with Crippen LogP contribution in [0.25, 0.3) is 0 Å². The quantitative estimate of drug-likeness (QED) is 0.812. The maximum absolute atomic E-state index is 12.1. The Balaban J connectivity index is 2.04. The second-order valence-corrected chi connectivity index (χ2v) is 4.09. The van der Waals surface area contributed by atoms with Gasteiger partial charge >= 0.3 is 0 Å². The molecule has 0 bridgehead atoms. The van der Waals surface area contributed by atoms with Crippen LogP contribution in [0.3, 0.4) is 0 Å². The summed E-state index contributed by atoms with van der Waals surface area (Å²) in [6.07, 6.45) is 4.92. The lowest BCUT2D eigenvalue weighted by Gasteiger charge is -2.26. The van der Waals surface area contributed by atoms with Crippen LogP contribution in [0.4, 0.5) is 5.82 Å². The smallest absolute Gasteiger partial charge is 0.245 e. The van der Waals surface area contributed by atoms with Gasteiger partial charge in [0, 0.05) is 13.2 Å². The van der Waals surface area contributed by atoms with Gasteiger partial charge in [0.1, 0.15) is 5.82 Å². The van der Waals surface area contributed by atoms with E-state index in [0.29, 0.717) is 5.82 Å². The molecule has 1 aliphatic heterocycles. The molecular formula is C12H17N3O. The number of nitrogens with zero attached hydrogens (tertiary/aromatic N) is 2. The van der Waals surface area contributed by atoms with Gasteiger partial charge in [0.25, 0.3) is 0 Å². The Hall–Kier alpha value is -1.42. The van der Waals surface area contributed by atoms with E-state index in [9.17, 15) is 4.79 Å². The third-order valence-corrected chi connectivity index (χ3v) is 2.93. The van der Waals surface area contributed by atoms with Gasteiger partial charge < -0.3 is 5.32 Å². The second-order valence-electron chi connectivity index (χ2n) is 4.09. The molecule has 0 spiro atoms. The van der Waals surface area contributed by atoms with Crippen molar-refractivity contribution in [2.75, 3.05) is 18.5 Å². The maximum Gasteiger partial charge on any atom is 0.245 e. The van der Waals surface area contributed by atoms with E-state index in [1.165, 1.54) is 0 Å². The first-order valence-electron chi connectivity index (χ1n) is 5.71. The molecule has 1 amide bonds. The molecule has 1 atom stereocenters. The zero-order valence-corrected chi connectivity index (χ0v) is 9.52. The van der Waals surface area contributed by atoms with E-state index in [2.05, 4.69) is 10.3 Å². The van der Waals surface area contributed by atoms with Crippen molar-refractivity contribution in [1.82, 2.24) is 10.3 Å². The van der Waals surface area contributed by atoms with E-state index in [1.54, 1.807) is 18.1 Å². The highest BCUT2D eigenvalue weighted by atomic mass is 16.2. The molecule has 0 unspecified atom stereocenters. The number of anilines is 1. The molecule has 1 aromatic rings. The van der Waals surface area contributed by atoms with Crippen molar-refractivity contribution in [3.63, 3.8) is 0 Å². The first kappa shape index (κ1) is 11.1. The van der Waals surface area contributed by atoms with E-state index < -0.39 is 0 Å². The summed E-state index contributed by atoms with van der Waals surface area (Å²) >= 11 is 0. The summed E-state index contributed by atoms with van der Waals surface area (Å²) in [4.78, 5) is 17.9. The lowest BCUT2D eigenvalue weighted by molar-refractivity contribution is -0.120. The van der Waals surface area contributed by atoms with E-state index in [4.69, 9.17) is 0 Å². The largest absolute Gasteiger partial charge is 0.306 e. The van der Waals surface area contributed by atoms with Gasteiger partial charge in [0.05, 0.1) is 6.04 Å². The molecular weight excluding hydrogens is 202 g/mol. The number of amides is 1. The predicted molar refractivity (Wildman–Crippen MR) is 63.3 cm³/mol. The molecule has 1 saturated heterocycles. The molecule has 0 radical (unpaired) electrons. The Labute approximate surface area is 95.7 Å². The van der Waals surface area contributed by atoms with Gasteiger partial charge in [0.15, 0.2) is 0 Å². The fourth-order valence-electron chi connectivity index (χ4n) is 1.96. The Morgan fingerprint density at radius 1 is 1.50 bits per heavy atom. The number of hydrogen-bond acceptors (Lipinski definition) is 3. The van der Waals surface area contributed by atoms with Gasteiger partial charge in [-0.15, -0.1) is 0 Å². The van der Waals surface area contributed by atoms with Crippen LogP contribution in [0.1, 0.15) is 19.3 Å². The molecule has 2 heterocycles. The zero-order valence-electron chi connectivity index (χ0n) is 9.52. The lowest BCUT2D eigenvalue weighted by atomic mass is 10.0. The Morgan fingerprint density at radius 3 is 3.00 bits per heavy atom. The molecule has 1 aliphatic rings. The lowest BCUT2D eigenvalue weighted by Crippen LogP contribution is -2.47. The van der Waals surface area contributed by atoms with Gasteiger partial charge in [-0.25, -0.2) is 4.98 Å². The highest BCUT2D eigenvalue weighted by Crippen LogP contribution is 2.13. The van der Waals surface area contributed by atoms with Crippen LogP contribution in [0.5, 0.6) is 0 Å². The van der Waals surface area contributed by atoms with Crippen molar-refractivity contribution in [3.05, 3.63) is 24.4 Å². The number of rotatable bonds is 2. The zero-order chi connectivity index (χ0) is 11.4. The molecule has 0 aromatic carbocycles. The minimum atomic E-state index is -0.0410. The van der Waals surface area contributed by atoms with Gasteiger partial charge in [0.2, 0.25) is 5.91 Å². The van der Waals surface area contributed by atoms with Crippen LogP contribution in [-0.4, -0.2) is 30.5 Å². The molecule has 0 aliphatic carbocycles. The minimum absolute atomic E-state index is 0.0410. The van der Waals surface area contributed by atoms with E-state index in [-0.39, 0.29) is 11.9 Å². The summed E-state index contributed by atoms with van der Waals surface area (Å²) in [5.41, 5.74) is 0. The number of pyridine rings is 1. The summed E-state index contributed by atoms with van der Waals surface area (Å²) in [5, 5.41) is 3.25. The SMILES string of the molecule is CN(C(=O)[C@H]1CCCCN1)c1ccccn1. The number of carbonyl (C=O) groups excluding carboxylic acids is 1. The number of likely N-dealkylation sites (N-methyl/N-ethyl adjacent to an activating group) is 1. The fourth-order valence-corrected chi connectivity index (χ4v) is 1.96. The van der Waals surface area contributed by atoms with Gasteiger partial charge in [-0.3, -0.25) is 9.69 Å². The molecule has 4 nitrogen and oxygen atoms in total. The summed E-state index contributed by atoms with van der Waals surface area (Å²) < 4.78 is 0. The fraction of sp³-hybridized carbons (Fsp3) is 0.500. The van der Waals surface area contributed by atoms with Crippen molar-refractivity contribution in [2.24, 2.45) is 0 Å². The summed E-state index contributed by atoms with van der Waals surface area (Å²) in [6, 6.07) is 5.54. The van der Waals surface area contributed by atoms with Crippen molar-refractivity contribution in [3.8, 4) is 0 Å². The predicted octanol–water partition coefficient (Wildman–Crippen LogP) is 1.19. The highest BCUT2D eigenvalue weighted by Gasteiger charge is 2.24. The molecule has 2 rings (SSSR count). The van der Waals surface area contributed by atoms with Crippen molar-refractivity contribution in [2.45, 2.75) is 25.3 Å². The third-order valence-electron chi connectivity index (χ3n) is 2.93. The summed E-state index contributed by atoms with van der Waals surface area (Å²) in [7, 11) is 1.78. The molecule has 0 saturated carbocycles. The number of carbonyl (C=O) groups is 1. The van der Waals surface area contributed by atoms with E-state index in [1.807, 2.05) is 18.2 Å². The first-order valence-corrected chi connectivity index (χ1v) is 5.71. The minimum Gasteiger partial charge on any atom is -0.306 e. The maximum atomic E-state index is 12.1. The Kier molecular flexibility index (Phi) is 3.51. The van der Waals surface area contributed by atoms with E-state index in [0.717, 1.165) is 25.8 Å². The van der Waals surface area contributed by atoms with E-state index >= 15 is 0 Å². The average molecular weight is 219 g/mol. The second kappa shape index (κ2) is 5.07. The van der Waals surface area contributed by atoms with Gasteiger partial charge in [-0.1, -0.05) is 12.5 Å². The molecule has 1 aromatic heterocycles. The van der Waals surface area contributed by atoms with Crippen molar-refractivity contribution >= 4 is 11.7 Å². The monoisotopic (exact) mass is 219 g/mol. The van der Waals surface area contributed by atoms with Crippen LogP contribution in [0.2, 0.25) is 0 Å². The van der Waals surface area contributed by atoms with Gasteiger partial charge in [-0.2, -0.15) is 0 Å². The first-order chi connectivity index (χ1) is 7.79. The number of hydrogen-bond donors (Lipinski definition) is 1. The normalized spacial score (nSPS) is 20.4. The standard InChI is InChI=1S/C12H17N3O/c1-15(11-7-3-5-9-14-11)12(16)10-6-2-4-8-13-10/h3,5,7,9-10,13H,2,4,6,8H2,1H3/t10-/m1/s1. The van der Waals surface area contributed by atoms with Crippen LogP contribution in [0.15, 0.2) is 24.4 Å². The van der Waals surface area contributed by atoms with Crippen molar-refractivity contribution in [1.29, 1.82) is 0 Å². The highest BCUT2D eigenvalue weighted by molar-refractivity contribution is 5.95. The third kappa shape index (κ3) is 2.39. The van der Waals surface area contributed by atoms with Crippen LogP contribution >= 0.6 is 0 Å². The van der Waals surface area contributed by atoms with Gasteiger partial charge in [-0.05, 0) is 31.5 Å². The number of nitrogens with one attached hydrogen (secondary N) is 1.